The van der Waals surface area contributed by atoms with Crippen molar-refractivity contribution in [3.05, 3.63) is 0 Å². The monoisotopic (exact) mass is 270 g/mol. The van der Waals surface area contributed by atoms with Gasteiger partial charge in [0.15, 0.2) is 0 Å². The number of ether oxygens (including phenoxy) is 1. The van der Waals surface area contributed by atoms with Crippen LogP contribution in [0.15, 0.2) is 0 Å². The molecule has 0 atom stereocenters. The molecule has 0 bridgehead atoms. The lowest BCUT2D eigenvalue weighted by molar-refractivity contribution is -0.0254. The Morgan fingerprint density at radius 2 is 1.11 bits per heavy atom. The maximum Gasteiger partial charge on any atom is 0.0626 e. The molecule has 0 spiro atoms. The van der Waals surface area contributed by atoms with Crippen LogP contribution < -0.4 is 0 Å². The number of rotatable bonds is 14. The van der Waals surface area contributed by atoms with E-state index in [1.807, 2.05) is 0 Å². The van der Waals surface area contributed by atoms with E-state index in [0.29, 0.717) is 0 Å². The minimum atomic E-state index is 0.0913. The predicted octanol–water partition coefficient (Wildman–Crippen LogP) is 6.50. The normalized spacial score (nSPS) is 12.0. The highest BCUT2D eigenvalue weighted by Gasteiger charge is 2.15. The Bertz CT molecular complexity index is 175. The zero-order valence-corrected chi connectivity index (χ0v) is 14.1. The largest absolute Gasteiger partial charge is 0.376 e. The van der Waals surface area contributed by atoms with Crippen molar-refractivity contribution in [2.24, 2.45) is 0 Å². The number of hydrogen-bond donors (Lipinski definition) is 0. The zero-order chi connectivity index (χ0) is 14.4. The molecule has 0 saturated heterocycles. The highest BCUT2D eigenvalue weighted by molar-refractivity contribution is 4.66. The molecule has 116 valence electrons. The predicted molar refractivity (Wildman–Crippen MR) is 86.8 cm³/mol. The molecule has 0 saturated carbocycles. The summed E-state index contributed by atoms with van der Waals surface area (Å²) in [5, 5.41) is 0. The quantitative estimate of drug-likeness (QED) is 0.327. The van der Waals surface area contributed by atoms with E-state index in [4.69, 9.17) is 4.74 Å². The summed E-state index contributed by atoms with van der Waals surface area (Å²) in [7, 11) is 0. The minimum Gasteiger partial charge on any atom is -0.376 e. The van der Waals surface area contributed by atoms with Crippen molar-refractivity contribution in [1.82, 2.24) is 0 Å². The highest BCUT2D eigenvalue weighted by atomic mass is 16.5. The molecule has 19 heavy (non-hydrogen) atoms. The number of hydrogen-bond acceptors (Lipinski definition) is 1. The van der Waals surface area contributed by atoms with E-state index in [9.17, 15) is 0 Å². The van der Waals surface area contributed by atoms with Gasteiger partial charge in [0.1, 0.15) is 0 Å². The van der Waals surface area contributed by atoms with Crippen LogP contribution in [-0.4, -0.2) is 12.2 Å². The average molecular weight is 271 g/mol. The van der Waals surface area contributed by atoms with Crippen molar-refractivity contribution in [3.63, 3.8) is 0 Å². The Balaban J connectivity index is 3.14. The highest BCUT2D eigenvalue weighted by Crippen LogP contribution is 2.17. The Morgan fingerprint density at radius 3 is 1.58 bits per heavy atom. The standard InChI is InChI=1S/C18H38O/c1-5-7-8-9-10-11-12-13-14-15-17-19-18(3,4)16-6-2/h5-17H2,1-4H3. The molecular formula is C18H38O. The van der Waals surface area contributed by atoms with Gasteiger partial charge >= 0.3 is 0 Å². The third-order valence-corrected chi connectivity index (χ3v) is 3.84. The van der Waals surface area contributed by atoms with E-state index in [0.717, 1.165) is 6.61 Å². The summed E-state index contributed by atoms with van der Waals surface area (Å²) in [6.07, 6.45) is 16.3. The van der Waals surface area contributed by atoms with Gasteiger partial charge in [-0.15, -0.1) is 0 Å². The molecule has 0 aliphatic rings. The molecule has 0 aliphatic heterocycles. The Labute approximate surface area is 122 Å². The van der Waals surface area contributed by atoms with Crippen LogP contribution >= 0.6 is 0 Å². The first kappa shape index (κ1) is 19.0. The molecule has 1 heteroatoms. The van der Waals surface area contributed by atoms with Crippen molar-refractivity contribution in [2.45, 2.75) is 110 Å². The van der Waals surface area contributed by atoms with Crippen molar-refractivity contribution in [1.29, 1.82) is 0 Å². The van der Waals surface area contributed by atoms with Gasteiger partial charge in [0, 0.05) is 6.61 Å². The molecule has 0 unspecified atom stereocenters. The van der Waals surface area contributed by atoms with E-state index < -0.39 is 0 Å². The van der Waals surface area contributed by atoms with Crippen molar-refractivity contribution in [2.75, 3.05) is 6.61 Å². The fraction of sp³-hybridized carbons (Fsp3) is 1.00. The minimum absolute atomic E-state index is 0.0913. The summed E-state index contributed by atoms with van der Waals surface area (Å²) in [5.74, 6) is 0. The van der Waals surface area contributed by atoms with Crippen LogP contribution in [-0.2, 0) is 4.74 Å². The van der Waals surface area contributed by atoms with Crippen LogP contribution in [0.25, 0.3) is 0 Å². The first-order valence-electron chi connectivity index (χ1n) is 8.76. The molecule has 0 aromatic rings. The summed E-state index contributed by atoms with van der Waals surface area (Å²) >= 11 is 0. The fourth-order valence-electron chi connectivity index (χ4n) is 2.61. The average Bonchev–Trinajstić information content (AvgIpc) is 2.36. The van der Waals surface area contributed by atoms with Gasteiger partial charge < -0.3 is 4.74 Å². The molecule has 0 aliphatic carbocycles. The smallest absolute Gasteiger partial charge is 0.0626 e. The topological polar surface area (TPSA) is 9.23 Å². The lowest BCUT2D eigenvalue weighted by Gasteiger charge is -2.24. The van der Waals surface area contributed by atoms with E-state index in [2.05, 4.69) is 27.7 Å². The second-order valence-electron chi connectivity index (χ2n) is 6.54. The molecule has 0 fully saturated rings. The van der Waals surface area contributed by atoms with Gasteiger partial charge in [-0.3, -0.25) is 0 Å². The molecule has 0 aromatic carbocycles. The number of unbranched alkanes of at least 4 members (excludes halogenated alkanes) is 9. The molecule has 0 aromatic heterocycles. The second-order valence-corrected chi connectivity index (χ2v) is 6.54. The molecule has 0 N–H and O–H groups in total. The lowest BCUT2D eigenvalue weighted by atomic mass is 10.0. The van der Waals surface area contributed by atoms with E-state index in [1.165, 1.54) is 77.0 Å². The van der Waals surface area contributed by atoms with Crippen molar-refractivity contribution >= 4 is 0 Å². The van der Waals surface area contributed by atoms with Gasteiger partial charge in [0.25, 0.3) is 0 Å². The van der Waals surface area contributed by atoms with E-state index in [-0.39, 0.29) is 5.60 Å². The second kappa shape index (κ2) is 13.0. The third kappa shape index (κ3) is 14.2. The van der Waals surface area contributed by atoms with Crippen LogP contribution in [0.5, 0.6) is 0 Å². The van der Waals surface area contributed by atoms with Crippen LogP contribution in [0, 0.1) is 0 Å². The van der Waals surface area contributed by atoms with Gasteiger partial charge in [0.2, 0.25) is 0 Å². The summed E-state index contributed by atoms with van der Waals surface area (Å²) in [4.78, 5) is 0. The van der Waals surface area contributed by atoms with Crippen LogP contribution in [0.4, 0.5) is 0 Å². The zero-order valence-electron chi connectivity index (χ0n) is 14.1. The van der Waals surface area contributed by atoms with E-state index >= 15 is 0 Å². The maximum absolute atomic E-state index is 5.94. The first-order valence-corrected chi connectivity index (χ1v) is 8.76. The molecule has 0 radical (unpaired) electrons. The van der Waals surface area contributed by atoms with E-state index in [1.54, 1.807) is 0 Å². The van der Waals surface area contributed by atoms with Gasteiger partial charge in [-0.1, -0.05) is 78.1 Å². The Kier molecular flexibility index (Phi) is 12.9. The van der Waals surface area contributed by atoms with Gasteiger partial charge in [-0.2, -0.15) is 0 Å². The van der Waals surface area contributed by atoms with Gasteiger partial charge in [-0.25, -0.2) is 0 Å². The summed E-state index contributed by atoms with van der Waals surface area (Å²) in [6.45, 7) is 9.89. The first-order chi connectivity index (χ1) is 9.12. The van der Waals surface area contributed by atoms with Gasteiger partial charge in [0.05, 0.1) is 5.60 Å². The fourth-order valence-corrected chi connectivity index (χ4v) is 2.61. The molecule has 1 nitrogen and oxygen atoms in total. The Morgan fingerprint density at radius 1 is 0.632 bits per heavy atom. The molecular weight excluding hydrogens is 232 g/mol. The lowest BCUT2D eigenvalue weighted by Crippen LogP contribution is -2.24. The SMILES string of the molecule is CCCCCCCCCCCCOC(C)(C)CCC. The van der Waals surface area contributed by atoms with Gasteiger partial charge in [-0.05, 0) is 26.7 Å². The Hall–Kier alpha value is -0.0400. The van der Waals surface area contributed by atoms with Crippen LogP contribution in [0.2, 0.25) is 0 Å². The van der Waals surface area contributed by atoms with Crippen molar-refractivity contribution in [3.8, 4) is 0 Å². The molecule has 0 rings (SSSR count). The van der Waals surface area contributed by atoms with Crippen molar-refractivity contribution < 1.29 is 4.74 Å². The third-order valence-electron chi connectivity index (χ3n) is 3.84. The maximum atomic E-state index is 5.94. The summed E-state index contributed by atoms with van der Waals surface area (Å²) < 4.78 is 5.94. The summed E-state index contributed by atoms with van der Waals surface area (Å²) in [5.41, 5.74) is 0.0913. The summed E-state index contributed by atoms with van der Waals surface area (Å²) in [6, 6.07) is 0. The molecule has 0 amide bonds. The van der Waals surface area contributed by atoms with Crippen LogP contribution in [0.3, 0.4) is 0 Å². The van der Waals surface area contributed by atoms with Crippen LogP contribution in [0.1, 0.15) is 105 Å². The molecule has 0 heterocycles.